The molecule has 0 bridgehead atoms. The number of benzene rings is 2. The number of unbranched alkanes of at least 4 members (excludes halogenated alkanes) is 4. The first-order valence-electron chi connectivity index (χ1n) is 9.35. The molecule has 2 rings (SSSR count). The van der Waals surface area contributed by atoms with Gasteiger partial charge in [0.25, 0.3) is 0 Å². The molecule has 0 saturated carbocycles. The highest BCUT2D eigenvalue weighted by Gasteiger charge is 2.01. The summed E-state index contributed by atoms with van der Waals surface area (Å²) in [6.45, 7) is 0. The van der Waals surface area contributed by atoms with Gasteiger partial charge in [-0.2, -0.15) is 0 Å². The van der Waals surface area contributed by atoms with E-state index in [2.05, 4.69) is 29.3 Å². The van der Waals surface area contributed by atoms with Crippen LogP contribution in [0.2, 0.25) is 0 Å². The number of nitrogens with one attached hydrogen (secondary N) is 1. The van der Waals surface area contributed by atoms with Crippen LogP contribution in [-0.4, -0.2) is 18.7 Å². The molecule has 0 aliphatic carbocycles. The number of hydrogen-bond acceptors (Lipinski definition) is 2. The maximum absolute atomic E-state index is 7.50. The van der Waals surface area contributed by atoms with Crippen LogP contribution in [-0.2, 0) is 12.8 Å². The van der Waals surface area contributed by atoms with Crippen LogP contribution in [0.15, 0.2) is 53.5 Å². The second kappa shape index (κ2) is 10.4. The van der Waals surface area contributed by atoms with Crippen LogP contribution >= 0.6 is 0 Å². The van der Waals surface area contributed by atoms with Gasteiger partial charge in [-0.15, -0.1) is 0 Å². The molecule has 0 amide bonds. The lowest BCUT2D eigenvalue weighted by Gasteiger charge is -2.06. The Hall–Kier alpha value is -2.62. The summed E-state index contributed by atoms with van der Waals surface area (Å²) < 4.78 is 0. The van der Waals surface area contributed by atoms with Crippen molar-refractivity contribution < 1.29 is 0 Å². The Labute approximate surface area is 156 Å². The van der Waals surface area contributed by atoms with Gasteiger partial charge in [-0.1, -0.05) is 55.7 Å². The Morgan fingerprint density at radius 3 is 1.85 bits per heavy atom. The first-order valence-corrected chi connectivity index (χ1v) is 9.35. The first kappa shape index (κ1) is 19.7. The molecule has 26 heavy (non-hydrogen) atoms. The minimum absolute atomic E-state index is 0.142. The van der Waals surface area contributed by atoms with Crippen LogP contribution in [0.25, 0.3) is 0 Å². The fourth-order valence-electron chi connectivity index (χ4n) is 3.10. The Balaban J connectivity index is 1.64. The normalized spacial score (nSPS) is 11.5. The molecule has 0 aliphatic rings. The summed E-state index contributed by atoms with van der Waals surface area (Å²) >= 11 is 0. The molecule has 0 unspecified atom stereocenters. The van der Waals surface area contributed by atoms with Crippen LogP contribution in [0, 0.1) is 5.41 Å². The average Bonchev–Trinajstić information content (AvgIpc) is 2.67. The van der Waals surface area contributed by atoms with Gasteiger partial charge in [-0.05, 0) is 48.9 Å². The van der Waals surface area contributed by atoms with Crippen LogP contribution in [0.5, 0.6) is 0 Å². The molecule has 2 aromatic rings. The quantitative estimate of drug-likeness (QED) is 0.343. The molecule has 0 spiro atoms. The van der Waals surface area contributed by atoms with Crippen molar-refractivity contribution in [2.75, 3.05) is 7.05 Å². The summed E-state index contributed by atoms with van der Waals surface area (Å²) in [6.07, 6.45) is 8.26. The van der Waals surface area contributed by atoms with Gasteiger partial charge in [-0.25, -0.2) is 0 Å². The van der Waals surface area contributed by atoms with E-state index in [4.69, 9.17) is 16.9 Å². The third-order valence-corrected chi connectivity index (χ3v) is 4.63. The number of aliphatic imine (C=N–C) groups is 1. The molecule has 4 nitrogen and oxygen atoms in total. The van der Waals surface area contributed by atoms with Crippen LogP contribution < -0.4 is 11.5 Å². The van der Waals surface area contributed by atoms with Crippen molar-refractivity contribution >= 4 is 11.7 Å². The van der Waals surface area contributed by atoms with Crippen LogP contribution in [0.1, 0.15) is 54.4 Å². The van der Waals surface area contributed by atoms with E-state index in [1.807, 2.05) is 24.3 Å². The van der Waals surface area contributed by atoms with Crippen molar-refractivity contribution in [2.24, 2.45) is 16.5 Å². The second-order valence-corrected chi connectivity index (χ2v) is 6.69. The molecular formula is C22H30N4. The van der Waals surface area contributed by atoms with Crippen molar-refractivity contribution in [3.8, 4) is 0 Å². The molecule has 0 aromatic heterocycles. The molecule has 0 atom stereocenters. The average molecular weight is 351 g/mol. The highest BCUT2D eigenvalue weighted by atomic mass is 14.8. The third kappa shape index (κ3) is 6.36. The summed E-state index contributed by atoms with van der Waals surface area (Å²) in [6, 6.07) is 16.4. The first-order chi connectivity index (χ1) is 12.6. The largest absolute Gasteiger partial charge is 0.384 e. The number of nitrogen functional groups attached to an aromatic ring is 1. The van der Waals surface area contributed by atoms with Crippen molar-refractivity contribution in [1.82, 2.24) is 0 Å². The van der Waals surface area contributed by atoms with Crippen LogP contribution in [0.4, 0.5) is 0 Å². The van der Waals surface area contributed by atoms with Crippen molar-refractivity contribution in [2.45, 2.75) is 44.9 Å². The number of rotatable bonds is 10. The van der Waals surface area contributed by atoms with Crippen LogP contribution in [0.3, 0.4) is 0 Å². The summed E-state index contributed by atoms with van der Waals surface area (Å²) in [5.74, 6) is 0.739. The van der Waals surface area contributed by atoms with Crippen molar-refractivity contribution in [1.29, 1.82) is 5.41 Å². The number of hydrogen-bond donors (Lipinski definition) is 3. The topological polar surface area (TPSA) is 88.2 Å². The van der Waals surface area contributed by atoms with E-state index < -0.39 is 0 Å². The third-order valence-electron chi connectivity index (χ3n) is 4.63. The van der Waals surface area contributed by atoms with Gasteiger partial charge in [0.1, 0.15) is 11.7 Å². The predicted octanol–water partition coefficient (Wildman–Crippen LogP) is 4.04. The minimum atomic E-state index is 0.142. The Bertz CT molecular complexity index is 749. The number of aryl methyl sites for hydroxylation is 2. The van der Waals surface area contributed by atoms with E-state index in [0.29, 0.717) is 5.84 Å². The molecule has 0 aliphatic heterocycles. The fourth-order valence-corrected chi connectivity index (χ4v) is 3.10. The van der Waals surface area contributed by atoms with Gasteiger partial charge < -0.3 is 11.5 Å². The molecule has 5 N–H and O–H groups in total. The summed E-state index contributed by atoms with van der Waals surface area (Å²) in [5.41, 5.74) is 15.8. The smallest absolute Gasteiger partial charge is 0.125 e. The Morgan fingerprint density at radius 1 is 0.808 bits per heavy atom. The van der Waals surface area contributed by atoms with Gasteiger partial charge in [0.15, 0.2) is 0 Å². The lowest BCUT2D eigenvalue weighted by atomic mass is 10.0. The molecule has 0 radical (unpaired) electrons. The van der Waals surface area contributed by atoms with E-state index in [-0.39, 0.29) is 5.84 Å². The highest BCUT2D eigenvalue weighted by Crippen LogP contribution is 2.13. The molecular weight excluding hydrogens is 320 g/mol. The van der Waals surface area contributed by atoms with E-state index in [9.17, 15) is 0 Å². The second-order valence-electron chi connectivity index (χ2n) is 6.69. The van der Waals surface area contributed by atoms with Crippen molar-refractivity contribution in [3.63, 3.8) is 0 Å². The minimum Gasteiger partial charge on any atom is -0.384 e. The monoisotopic (exact) mass is 350 g/mol. The standard InChI is InChI=1S/C22H30N4/c1-26-22(25)20-14-8-12-18(16-20)10-6-4-2-3-5-9-17-11-7-13-19(15-17)21(23)24/h7-8,11-16H,2-6,9-10H2,1H3,(H3,23,24)(H2,25,26). The Kier molecular flexibility index (Phi) is 7.87. The van der Waals surface area contributed by atoms with Gasteiger partial charge in [-0.3, -0.25) is 10.4 Å². The molecule has 138 valence electrons. The predicted molar refractivity (Wildman–Crippen MR) is 111 cm³/mol. The van der Waals surface area contributed by atoms with Gasteiger partial charge in [0.05, 0.1) is 0 Å². The zero-order valence-corrected chi connectivity index (χ0v) is 15.7. The number of nitrogens with zero attached hydrogens (tertiary/aromatic N) is 1. The summed E-state index contributed by atoms with van der Waals surface area (Å²) in [7, 11) is 1.72. The zero-order valence-electron chi connectivity index (χ0n) is 15.7. The lowest BCUT2D eigenvalue weighted by Crippen LogP contribution is -2.12. The van der Waals surface area contributed by atoms with E-state index in [0.717, 1.165) is 24.0 Å². The van der Waals surface area contributed by atoms with E-state index in [1.54, 1.807) is 7.05 Å². The molecule has 0 saturated heterocycles. The van der Waals surface area contributed by atoms with Crippen molar-refractivity contribution in [3.05, 3.63) is 70.8 Å². The van der Waals surface area contributed by atoms with Gasteiger partial charge in [0, 0.05) is 18.2 Å². The molecule has 4 heteroatoms. The fraction of sp³-hybridized carbons (Fsp3) is 0.364. The van der Waals surface area contributed by atoms with Gasteiger partial charge >= 0.3 is 0 Å². The van der Waals surface area contributed by atoms with Gasteiger partial charge in [0.2, 0.25) is 0 Å². The summed E-state index contributed by atoms with van der Waals surface area (Å²) in [5, 5.41) is 7.50. The molecule has 2 aromatic carbocycles. The number of amidine groups is 2. The van der Waals surface area contributed by atoms with E-state index >= 15 is 0 Å². The maximum atomic E-state index is 7.50. The molecule has 0 fully saturated rings. The lowest BCUT2D eigenvalue weighted by molar-refractivity contribution is 0.613. The summed E-state index contributed by atoms with van der Waals surface area (Å²) in [4.78, 5) is 4.05. The van der Waals surface area contributed by atoms with E-state index in [1.165, 1.54) is 43.2 Å². The molecule has 0 heterocycles. The maximum Gasteiger partial charge on any atom is 0.125 e. The number of nitrogens with two attached hydrogens (primary N) is 2. The zero-order chi connectivity index (χ0) is 18.8. The Morgan fingerprint density at radius 2 is 1.31 bits per heavy atom. The highest BCUT2D eigenvalue weighted by molar-refractivity contribution is 5.97. The SMILES string of the molecule is CN=C(N)c1cccc(CCCCCCCc2cccc(C(=N)N)c2)c1.